The second kappa shape index (κ2) is 6.20. The van der Waals surface area contributed by atoms with Crippen LogP contribution in [0.5, 0.6) is 5.75 Å². The van der Waals surface area contributed by atoms with Crippen molar-refractivity contribution >= 4 is 5.84 Å². The van der Waals surface area contributed by atoms with Crippen LogP contribution in [0.4, 0.5) is 0 Å². The number of aryl methyl sites for hydroxylation is 1. The number of aromatic nitrogens is 1. The van der Waals surface area contributed by atoms with E-state index < -0.39 is 0 Å². The number of likely N-dealkylation sites (N-methyl/N-ethyl adjacent to an activating group) is 1. The van der Waals surface area contributed by atoms with Crippen LogP contribution >= 0.6 is 0 Å². The van der Waals surface area contributed by atoms with Crippen LogP contribution in [-0.2, 0) is 6.54 Å². The maximum Gasteiger partial charge on any atom is 0.153 e. The molecule has 0 radical (unpaired) electrons. The van der Waals surface area contributed by atoms with Crippen molar-refractivity contribution in [2.45, 2.75) is 20.4 Å². The zero-order valence-corrected chi connectivity index (χ0v) is 11.3. The quantitative estimate of drug-likeness (QED) is 0.352. The molecule has 0 atom stereocenters. The molecule has 0 bridgehead atoms. The molecular weight excluding hydrogens is 232 g/mol. The van der Waals surface area contributed by atoms with Crippen molar-refractivity contribution in [3.63, 3.8) is 0 Å². The molecule has 0 unspecified atom stereocenters. The molecule has 3 N–H and O–H groups in total. The summed E-state index contributed by atoms with van der Waals surface area (Å²) in [6, 6.07) is 0. The molecular formula is C12H20N4O2. The summed E-state index contributed by atoms with van der Waals surface area (Å²) < 4.78 is 5.35. The second-order valence-electron chi connectivity index (χ2n) is 4.31. The number of oxime groups is 1. The van der Waals surface area contributed by atoms with Gasteiger partial charge in [-0.2, -0.15) is 0 Å². The second-order valence-corrected chi connectivity index (χ2v) is 4.31. The molecule has 0 amide bonds. The SMILES string of the molecule is COc1c(C)cnc(CN(C)CC(N)=NO)c1C. The molecule has 0 aromatic carbocycles. The first-order valence-electron chi connectivity index (χ1n) is 5.63. The van der Waals surface area contributed by atoms with Crippen LogP contribution in [0, 0.1) is 13.8 Å². The highest BCUT2D eigenvalue weighted by atomic mass is 16.5. The van der Waals surface area contributed by atoms with E-state index in [1.54, 1.807) is 13.3 Å². The number of amidine groups is 1. The van der Waals surface area contributed by atoms with Crippen LogP contribution in [0.15, 0.2) is 11.4 Å². The fourth-order valence-electron chi connectivity index (χ4n) is 1.85. The minimum atomic E-state index is 0.175. The van der Waals surface area contributed by atoms with Gasteiger partial charge in [-0.3, -0.25) is 9.88 Å². The van der Waals surface area contributed by atoms with Gasteiger partial charge in [0.2, 0.25) is 0 Å². The molecule has 0 aliphatic carbocycles. The maximum absolute atomic E-state index is 8.52. The largest absolute Gasteiger partial charge is 0.496 e. The minimum Gasteiger partial charge on any atom is -0.496 e. The van der Waals surface area contributed by atoms with Gasteiger partial charge in [0.25, 0.3) is 0 Å². The maximum atomic E-state index is 8.52. The first-order valence-corrected chi connectivity index (χ1v) is 5.63. The van der Waals surface area contributed by atoms with Crippen LogP contribution in [0.3, 0.4) is 0 Å². The van der Waals surface area contributed by atoms with Gasteiger partial charge in [-0.15, -0.1) is 0 Å². The summed E-state index contributed by atoms with van der Waals surface area (Å²) in [6.07, 6.45) is 1.79. The first kappa shape index (κ1) is 14.2. The summed E-state index contributed by atoms with van der Waals surface area (Å²) in [5, 5.41) is 11.5. The number of rotatable bonds is 5. The van der Waals surface area contributed by atoms with Crippen LogP contribution in [-0.4, -0.2) is 41.6 Å². The summed E-state index contributed by atoms with van der Waals surface area (Å²) in [5.74, 6) is 1.03. The lowest BCUT2D eigenvalue weighted by atomic mass is 10.1. The molecule has 1 aromatic rings. The molecule has 0 fully saturated rings. The van der Waals surface area contributed by atoms with Crippen molar-refractivity contribution in [3.8, 4) is 5.75 Å². The number of hydrogen-bond donors (Lipinski definition) is 2. The van der Waals surface area contributed by atoms with E-state index in [0.29, 0.717) is 13.1 Å². The van der Waals surface area contributed by atoms with E-state index in [-0.39, 0.29) is 5.84 Å². The number of nitrogens with two attached hydrogens (primary N) is 1. The van der Waals surface area contributed by atoms with Gasteiger partial charge in [0, 0.05) is 23.9 Å². The zero-order chi connectivity index (χ0) is 13.7. The predicted octanol–water partition coefficient (Wildman–Crippen LogP) is 0.885. The Morgan fingerprint density at radius 1 is 1.56 bits per heavy atom. The Morgan fingerprint density at radius 3 is 2.78 bits per heavy atom. The van der Waals surface area contributed by atoms with E-state index in [0.717, 1.165) is 22.6 Å². The van der Waals surface area contributed by atoms with Crippen molar-refractivity contribution < 1.29 is 9.94 Å². The third-order valence-electron chi connectivity index (χ3n) is 2.73. The van der Waals surface area contributed by atoms with Gasteiger partial charge in [0.1, 0.15) is 5.75 Å². The zero-order valence-electron chi connectivity index (χ0n) is 11.3. The van der Waals surface area contributed by atoms with Crippen molar-refractivity contribution in [1.82, 2.24) is 9.88 Å². The standard InChI is InChI=1S/C12H20N4O2/c1-8-5-14-10(9(2)12(8)18-4)6-16(3)7-11(13)15-17/h5,17H,6-7H2,1-4H3,(H2,13,15). The van der Waals surface area contributed by atoms with E-state index in [1.807, 2.05) is 25.8 Å². The predicted molar refractivity (Wildman–Crippen MR) is 70.0 cm³/mol. The Bertz CT molecular complexity index is 446. The molecule has 18 heavy (non-hydrogen) atoms. The summed E-state index contributed by atoms with van der Waals surface area (Å²) in [6.45, 7) is 4.93. The van der Waals surface area contributed by atoms with E-state index >= 15 is 0 Å². The van der Waals surface area contributed by atoms with Crippen molar-refractivity contribution in [1.29, 1.82) is 0 Å². The fraction of sp³-hybridized carbons (Fsp3) is 0.500. The molecule has 100 valence electrons. The van der Waals surface area contributed by atoms with Gasteiger partial charge in [-0.1, -0.05) is 5.16 Å². The minimum absolute atomic E-state index is 0.175. The molecule has 1 aromatic heterocycles. The Morgan fingerprint density at radius 2 is 2.22 bits per heavy atom. The van der Waals surface area contributed by atoms with Gasteiger partial charge < -0.3 is 15.7 Å². The molecule has 0 spiro atoms. The lowest BCUT2D eigenvalue weighted by Gasteiger charge is -2.18. The van der Waals surface area contributed by atoms with E-state index in [2.05, 4.69) is 10.1 Å². The van der Waals surface area contributed by atoms with Crippen LogP contribution in [0.1, 0.15) is 16.8 Å². The number of pyridine rings is 1. The topological polar surface area (TPSA) is 84.0 Å². The lowest BCUT2D eigenvalue weighted by molar-refractivity contribution is 0.307. The van der Waals surface area contributed by atoms with Crippen molar-refractivity contribution in [3.05, 3.63) is 23.0 Å². The van der Waals surface area contributed by atoms with Gasteiger partial charge in [-0.25, -0.2) is 0 Å². The highest BCUT2D eigenvalue weighted by Crippen LogP contribution is 2.24. The average molecular weight is 252 g/mol. The van der Waals surface area contributed by atoms with Crippen LogP contribution < -0.4 is 10.5 Å². The summed E-state index contributed by atoms with van der Waals surface area (Å²) in [4.78, 5) is 6.31. The molecule has 1 rings (SSSR count). The Hall–Kier alpha value is -1.82. The Labute approximate surface area is 107 Å². The van der Waals surface area contributed by atoms with Gasteiger partial charge >= 0.3 is 0 Å². The molecule has 0 aliphatic heterocycles. The smallest absolute Gasteiger partial charge is 0.153 e. The molecule has 0 aliphatic rings. The summed E-state index contributed by atoms with van der Waals surface area (Å²) in [7, 11) is 3.53. The number of methoxy groups -OCH3 is 1. The van der Waals surface area contributed by atoms with Gasteiger partial charge in [-0.05, 0) is 20.9 Å². The number of ether oxygens (including phenoxy) is 1. The van der Waals surface area contributed by atoms with Crippen LogP contribution in [0.2, 0.25) is 0 Å². The average Bonchev–Trinajstić information content (AvgIpc) is 2.33. The van der Waals surface area contributed by atoms with E-state index in [1.165, 1.54) is 0 Å². The van der Waals surface area contributed by atoms with Crippen LogP contribution in [0.25, 0.3) is 0 Å². The Balaban J connectivity index is 2.85. The number of hydrogen-bond acceptors (Lipinski definition) is 5. The summed E-state index contributed by atoms with van der Waals surface area (Å²) >= 11 is 0. The molecule has 6 nitrogen and oxygen atoms in total. The third kappa shape index (κ3) is 3.33. The highest BCUT2D eigenvalue weighted by molar-refractivity contribution is 5.81. The molecule has 0 saturated carbocycles. The van der Waals surface area contributed by atoms with E-state index in [9.17, 15) is 0 Å². The molecule has 0 saturated heterocycles. The van der Waals surface area contributed by atoms with Gasteiger partial charge in [0.05, 0.1) is 19.3 Å². The fourth-order valence-corrected chi connectivity index (χ4v) is 1.85. The van der Waals surface area contributed by atoms with Crippen molar-refractivity contribution in [2.75, 3.05) is 20.7 Å². The third-order valence-corrected chi connectivity index (χ3v) is 2.73. The monoisotopic (exact) mass is 252 g/mol. The highest BCUT2D eigenvalue weighted by Gasteiger charge is 2.11. The molecule has 6 heteroatoms. The number of nitrogens with zero attached hydrogens (tertiary/aromatic N) is 3. The first-order chi connectivity index (χ1) is 8.49. The van der Waals surface area contributed by atoms with Gasteiger partial charge in [0.15, 0.2) is 5.84 Å². The van der Waals surface area contributed by atoms with E-state index in [4.69, 9.17) is 15.7 Å². The lowest BCUT2D eigenvalue weighted by Crippen LogP contribution is -2.31. The summed E-state index contributed by atoms with van der Waals surface area (Å²) in [5.41, 5.74) is 8.41. The normalized spacial score (nSPS) is 11.9. The Kier molecular flexibility index (Phi) is 4.91. The van der Waals surface area contributed by atoms with Crippen molar-refractivity contribution in [2.24, 2.45) is 10.9 Å². The molecule has 1 heterocycles.